The van der Waals surface area contributed by atoms with Crippen LogP contribution in [0.3, 0.4) is 0 Å². The number of fused-ring (bicyclic) bond motifs is 1. The summed E-state index contributed by atoms with van der Waals surface area (Å²) in [6.07, 6.45) is 31.2. The van der Waals surface area contributed by atoms with Gasteiger partial charge in [-0.3, -0.25) is 0 Å². The number of H-pyrrole nitrogens is 1. The molecule has 1 N–H and O–H groups in total. The molecule has 0 saturated carbocycles. The average molecular weight is 505 g/mol. The van der Waals surface area contributed by atoms with Crippen molar-refractivity contribution >= 4 is 18.3 Å². The number of benzene rings is 1. The fourth-order valence-electron chi connectivity index (χ4n) is 4.94. The van der Waals surface area contributed by atoms with Crippen LogP contribution in [0.15, 0.2) is 24.3 Å². The van der Waals surface area contributed by atoms with Gasteiger partial charge in [0.1, 0.15) is 11.0 Å². The molecule has 0 unspecified atom stereocenters. The summed E-state index contributed by atoms with van der Waals surface area (Å²) in [5.41, 5.74) is 1.83. The summed E-state index contributed by atoms with van der Waals surface area (Å²) in [7, 11) is -0.636. The lowest BCUT2D eigenvalue weighted by molar-refractivity contribution is 0.616. The fraction of sp³-hybridized carbons (Fsp3) is 0.806. The molecular weight excluding hydrogens is 445 g/mol. The quantitative estimate of drug-likeness (QED) is 0.136. The molecule has 0 atom stereocenters. The summed E-state index contributed by atoms with van der Waals surface area (Å²) in [6, 6.07) is 7.70. The van der Waals surface area contributed by atoms with Gasteiger partial charge >= 0.3 is 0 Å². The molecule has 0 radical (unpaired) electrons. The van der Waals surface area contributed by atoms with Crippen molar-refractivity contribution in [1.29, 1.82) is 0 Å². The van der Waals surface area contributed by atoms with Gasteiger partial charge in [-0.25, -0.2) is 0 Å². The first-order valence-corrected chi connectivity index (χ1v) is 18.0. The minimum atomic E-state index is -0.636. The highest BCUT2D eigenvalue weighted by atomic mass is 31.2. The van der Waals surface area contributed by atoms with E-state index in [1.165, 1.54) is 116 Å². The van der Waals surface area contributed by atoms with Gasteiger partial charge in [-0.1, -0.05) is 110 Å². The molecule has 0 aliphatic carbocycles. The molecule has 1 aromatic heterocycles. The normalized spacial score (nSPS) is 11.5. The maximum Gasteiger partial charge on any atom is 0.112 e. The van der Waals surface area contributed by atoms with E-state index in [0.717, 1.165) is 11.0 Å². The number of hydrogen-bond acceptors (Lipinski definition) is 2. The summed E-state index contributed by atoms with van der Waals surface area (Å²) in [5.74, 6) is 0. The van der Waals surface area contributed by atoms with Crippen LogP contribution < -0.4 is 0 Å². The molecule has 0 amide bonds. The van der Waals surface area contributed by atoms with Gasteiger partial charge < -0.3 is 0 Å². The minimum absolute atomic E-state index is 0.636. The monoisotopic (exact) mass is 504 g/mol. The van der Waals surface area contributed by atoms with Crippen LogP contribution in [0.4, 0.5) is 0 Å². The second kappa shape index (κ2) is 22.3. The molecule has 3 nitrogen and oxygen atoms in total. The SMILES string of the molecule is CCCCCCCC[P+](C)(CCCCCCCC)CCCCCCCC.c1ccc2n[nH]nc2c1. The van der Waals surface area contributed by atoms with E-state index in [2.05, 4.69) is 42.8 Å². The van der Waals surface area contributed by atoms with E-state index in [4.69, 9.17) is 0 Å². The Hall–Kier alpha value is -0.950. The number of hydrogen-bond donors (Lipinski definition) is 1. The van der Waals surface area contributed by atoms with Crippen LogP contribution in [0, 0.1) is 0 Å². The second-order valence-corrected chi connectivity index (χ2v) is 15.5. The van der Waals surface area contributed by atoms with Crippen molar-refractivity contribution in [3.05, 3.63) is 24.3 Å². The van der Waals surface area contributed by atoms with E-state index >= 15 is 0 Å². The molecule has 202 valence electrons. The molecule has 1 heterocycles. The van der Waals surface area contributed by atoms with Gasteiger partial charge in [0.25, 0.3) is 0 Å². The second-order valence-electron chi connectivity index (χ2n) is 10.9. The van der Waals surface area contributed by atoms with Crippen LogP contribution in [0.2, 0.25) is 0 Å². The van der Waals surface area contributed by atoms with E-state index in [0.29, 0.717) is 0 Å². The first kappa shape index (κ1) is 32.1. The predicted molar refractivity (Wildman–Crippen MR) is 161 cm³/mol. The van der Waals surface area contributed by atoms with Gasteiger partial charge in [0, 0.05) is 13.9 Å². The lowest BCUT2D eigenvalue weighted by Gasteiger charge is -2.24. The molecule has 0 spiro atoms. The topological polar surface area (TPSA) is 41.6 Å². The van der Waals surface area contributed by atoms with Crippen LogP contribution >= 0.6 is 7.26 Å². The summed E-state index contributed by atoms with van der Waals surface area (Å²) in [6.45, 7) is 9.70. The van der Waals surface area contributed by atoms with E-state index in [-0.39, 0.29) is 0 Å². The Morgan fingerprint density at radius 1 is 0.514 bits per heavy atom. The molecule has 0 bridgehead atoms. The van der Waals surface area contributed by atoms with E-state index in [1.807, 2.05) is 24.3 Å². The van der Waals surface area contributed by atoms with E-state index in [1.54, 1.807) is 18.5 Å². The summed E-state index contributed by atoms with van der Waals surface area (Å²) in [4.78, 5) is 0. The Morgan fingerprint density at radius 2 is 0.829 bits per heavy atom. The van der Waals surface area contributed by atoms with Crippen molar-refractivity contribution in [2.24, 2.45) is 0 Å². The van der Waals surface area contributed by atoms with Gasteiger partial charge in [0.2, 0.25) is 0 Å². The van der Waals surface area contributed by atoms with Crippen LogP contribution in [-0.2, 0) is 0 Å². The Kier molecular flexibility index (Phi) is 20.4. The zero-order valence-corrected chi connectivity index (χ0v) is 24.9. The molecule has 4 heteroatoms. The summed E-state index contributed by atoms with van der Waals surface area (Å²) >= 11 is 0. The van der Waals surface area contributed by atoms with Gasteiger partial charge in [0.05, 0.1) is 18.5 Å². The highest BCUT2D eigenvalue weighted by molar-refractivity contribution is 7.75. The molecule has 35 heavy (non-hydrogen) atoms. The zero-order chi connectivity index (χ0) is 25.5. The molecule has 0 saturated heterocycles. The summed E-state index contributed by atoms with van der Waals surface area (Å²) < 4.78 is 0. The first-order valence-electron chi connectivity index (χ1n) is 15.2. The van der Waals surface area contributed by atoms with Crippen LogP contribution in [0.1, 0.15) is 136 Å². The van der Waals surface area contributed by atoms with Crippen molar-refractivity contribution in [1.82, 2.24) is 15.4 Å². The van der Waals surface area contributed by atoms with Crippen molar-refractivity contribution in [2.45, 2.75) is 136 Å². The number of nitrogens with zero attached hydrogens (tertiary/aromatic N) is 2. The average Bonchev–Trinajstić information content (AvgIpc) is 3.35. The van der Waals surface area contributed by atoms with Crippen LogP contribution in [-0.4, -0.2) is 40.6 Å². The molecule has 2 aromatic rings. The van der Waals surface area contributed by atoms with Gasteiger partial charge in [-0.15, -0.1) is 0 Å². The maximum atomic E-state index is 3.88. The molecule has 1 aromatic carbocycles. The predicted octanol–water partition coefficient (Wildman–Crippen LogP) is 10.7. The lowest BCUT2D eigenvalue weighted by Crippen LogP contribution is -2.08. The van der Waals surface area contributed by atoms with E-state index < -0.39 is 7.26 Å². The van der Waals surface area contributed by atoms with Gasteiger partial charge in [0.15, 0.2) is 0 Å². The zero-order valence-electron chi connectivity index (χ0n) is 24.0. The Labute approximate surface area is 219 Å². The highest BCUT2D eigenvalue weighted by Crippen LogP contribution is 2.57. The Morgan fingerprint density at radius 3 is 1.17 bits per heavy atom. The van der Waals surface area contributed by atoms with Crippen molar-refractivity contribution in [3.63, 3.8) is 0 Å². The molecule has 2 rings (SSSR count). The van der Waals surface area contributed by atoms with Crippen LogP contribution in [0.25, 0.3) is 11.0 Å². The number of aromatic amines is 1. The van der Waals surface area contributed by atoms with Crippen molar-refractivity contribution < 1.29 is 0 Å². The Balaban J connectivity index is 0.000000553. The van der Waals surface area contributed by atoms with Gasteiger partial charge in [-0.2, -0.15) is 15.4 Å². The first-order chi connectivity index (χ1) is 17.1. The Bertz CT molecular complexity index is 628. The third kappa shape index (κ3) is 17.2. The number of nitrogens with one attached hydrogen (secondary N) is 1. The van der Waals surface area contributed by atoms with Gasteiger partial charge in [-0.05, 0) is 50.7 Å². The number of unbranched alkanes of at least 4 members (excludes halogenated alkanes) is 15. The molecule has 0 aliphatic heterocycles. The molecular formula is C31H59N3P+. The standard InChI is InChI=1S/C25H54P.C6H5N3/c1-5-8-11-14-17-20-23-26(4,24-21-18-15-12-9-6-2)25-22-19-16-13-10-7-3;1-2-4-6-5(3-1)7-9-8-6/h5-25H2,1-4H3;1-4H,(H,7,8,9)/q+1;. The molecule has 0 fully saturated rings. The fourth-order valence-corrected chi connectivity index (χ4v) is 8.57. The maximum absolute atomic E-state index is 3.88. The largest absolute Gasteiger partial charge is 0.197 e. The lowest BCUT2D eigenvalue weighted by atomic mass is 10.1. The van der Waals surface area contributed by atoms with Crippen molar-refractivity contribution in [2.75, 3.05) is 25.2 Å². The number of para-hydroxylation sites is 2. The summed E-state index contributed by atoms with van der Waals surface area (Å²) in [5, 5.41) is 10.3. The van der Waals surface area contributed by atoms with Crippen LogP contribution in [0.5, 0.6) is 0 Å². The smallest absolute Gasteiger partial charge is 0.112 e. The minimum Gasteiger partial charge on any atom is -0.197 e. The number of rotatable bonds is 21. The third-order valence-electron chi connectivity index (χ3n) is 7.38. The number of aromatic nitrogens is 3. The molecule has 0 aliphatic rings. The van der Waals surface area contributed by atoms with Crippen molar-refractivity contribution in [3.8, 4) is 0 Å². The third-order valence-corrected chi connectivity index (χ3v) is 11.6. The highest BCUT2D eigenvalue weighted by Gasteiger charge is 2.29. The van der Waals surface area contributed by atoms with E-state index in [9.17, 15) is 0 Å².